The van der Waals surface area contributed by atoms with Gasteiger partial charge in [0.2, 0.25) is 0 Å². The molecule has 0 bridgehead atoms. The van der Waals surface area contributed by atoms with Crippen molar-refractivity contribution in [1.29, 1.82) is 0 Å². The van der Waals surface area contributed by atoms with Gasteiger partial charge in [0.25, 0.3) is 0 Å². The summed E-state index contributed by atoms with van der Waals surface area (Å²) < 4.78 is 111. The molecule has 0 aliphatic carbocycles. The minimum atomic E-state index is -6.79. The summed E-state index contributed by atoms with van der Waals surface area (Å²) in [4.78, 5) is 0. The molecule has 0 aromatic rings. The van der Waals surface area contributed by atoms with Crippen LogP contribution in [-0.4, -0.2) is 27.9 Å². The van der Waals surface area contributed by atoms with Gasteiger partial charge in [0, 0.05) is 10.3 Å². The van der Waals surface area contributed by atoms with Gasteiger partial charge in [-0.2, -0.15) is 39.5 Å². The van der Waals surface area contributed by atoms with Crippen LogP contribution in [0.15, 0.2) is 0 Å². The Kier molecular flexibility index (Phi) is 5.87. The van der Waals surface area contributed by atoms with Crippen molar-refractivity contribution in [1.82, 2.24) is 0 Å². The highest BCUT2D eigenvalue weighted by molar-refractivity contribution is 14.1. The van der Waals surface area contributed by atoms with Crippen molar-refractivity contribution >= 4 is 22.6 Å². The summed E-state index contributed by atoms with van der Waals surface area (Å²) in [6.07, 6.45) is -8.18. The molecule has 0 saturated heterocycles. The van der Waals surface area contributed by atoms with Crippen molar-refractivity contribution < 1.29 is 39.5 Å². The molecule has 19 heavy (non-hydrogen) atoms. The van der Waals surface area contributed by atoms with Crippen molar-refractivity contribution in [2.45, 2.75) is 54.1 Å². The number of hydrogen-bond donors (Lipinski definition) is 0. The van der Waals surface area contributed by atoms with Crippen LogP contribution in [0.4, 0.5) is 39.5 Å². The Bertz CT molecular complexity index is 297. The van der Waals surface area contributed by atoms with E-state index in [0.29, 0.717) is 6.42 Å². The second kappa shape index (κ2) is 5.84. The zero-order valence-electron chi connectivity index (χ0n) is 9.48. The first-order valence-electron chi connectivity index (χ1n) is 5.05. The first-order chi connectivity index (χ1) is 8.20. The zero-order valence-corrected chi connectivity index (χ0v) is 11.6. The molecule has 0 rings (SSSR count). The van der Waals surface area contributed by atoms with Gasteiger partial charge in [-0.15, -0.1) is 0 Å². The Morgan fingerprint density at radius 2 is 1.26 bits per heavy atom. The van der Waals surface area contributed by atoms with E-state index >= 15 is 0 Å². The molecule has 0 radical (unpaired) electrons. The highest BCUT2D eigenvalue weighted by Crippen LogP contribution is 2.54. The fourth-order valence-corrected chi connectivity index (χ4v) is 2.41. The van der Waals surface area contributed by atoms with Crippen LogP contribution in [0.2, 0.25) is 0 Å². The topological polar surface area (TPSA) is 0 Å². The predicted octanol–water partition coefficient (Wildman–Crippen LogP) is 5.45. The van der Waals surface area contributed by atoms with Gasteiger partial charge in [0.15, 0.2) is 0 Å². The maximum Gasteiger partial charge on any atom is 0.460 e. The van der Waals surface area contributed by atoms with Crippen molar-refractivity contribution in [2.24, 2.45) is 0 Å². The molecular formula is C9H10F9I. The first-order valence-corrected chi connectivity index (χ1v) is 6.29. The van der Waals surface area contributed by atoms with E-state index < -0.39 is 34.3 Å². The van der Waals surface area contributed by atoms with Gasteiger partial charge >= 0.3 is 23.9 Å². The van der Waals surface area contributed by atoms with Crippen molar-refractivity contribution in [3.05, 3.63) is 0 Å². The third-order valence-corrected chi connectivity index (χ3v) is 3.35. The molecule has 1 atom stereocenters. The average Bonchev–Trinajstić information content (AvgIpc) is 2.14. The smallest absolute Gasteiger partial charge is 0.200 e. The molecule has 0 fully saturated rings. The van der Waals surface area contributed by atoms with Crippen LogP contribution >= 0.6 is 22.6 Å². The summed E-state index contributed by atoms with van der Waals surface area (Å²) in [5, 5.41) is 0. The number of alkyl halides is 10. The lowest BCUT2D eigenvalue weighted by atomic mass is 9.98. The molecule has 0 spiro atoms. The summed E-state index contributed by atoms with van der Waals surface area (Å²) in [5.41, 5.74) is 0. The molecule has 116 valence electrons. The van der Waals surface area contributed by atoms with Gasteiger partial charge in [-0.25, -0.2) is 0 Å². The Hall–Kier alpha value is 0.1000. The second-order valence-electron chi connectivity index (χ2n) is 3.94. The fourth-order valence-electron chi connectivity index (χ4n) is 1.23. The summed E-state index contributed by atoms with van der Waals surface area (Å²) in [5.74, 6) is -18.7. The summed E-state index contributed by atoms with van der Waals surface area (Å²) >= 11 is 1.32. The lowest BCUT2D eigenvalue weighted by Crippen LogP contribution is -2.61. The predicted molar refractivity (Wildman–Crippen MR) is 58.2 cm³/mol. The van der Waals surface area contributed by atoms with Crippen LogP contribution in [-0.2, 0) is 0 Å². The maximum absolute atomic E-state index is 13.1. The minimum Gasteiger partial charge on any atom is -0.200 e. The Balaban J connectivity index is 5.27. The molecule has 0 aliphatic rings. The largest absolute Gasteiger partial charge is 0.460 e. The molecule has 0 saturated carbocycles. The summed E-state index contributed by atoms with van der Waals surface area (Å²) in [7, 11) is 0. The molecule has 0 aliphatic heterocycles. The molecule has 0 aromatic carbocycles. The van der Waals surface area contributed by atoms with E-state index in [9.17, 15) is 39.5 Å². The van der Waals surface area contributed by atoms with Crippen LogP contribution in [0.5, 0.6) is 0 Å². The average molecular weight is 416 g/mol. The molecule has 0 nitrogen and oxygen atoms in total. The van der Waals surface area contributed by atoms with Gasteiger partial charge in [0.1, 0.15) is 0 Å². The molecule has 1 unspecified atom stereocenters. The van der Waals surface area contributed by atoms with Gasteiger partial charge in [-0.1, -0.05) is 35.9 Å². The Morgan fingerprint density at radius 1 is 0.842 bits per heavy atom. The highest BCUT2D eigenvalue weighted by atomic mass is 127. The Labute approximate surface area is 116 Å². The SMILES string of the molecule is CCCC(I)CC(F)(F)C(F)(F)C(F)(F)C(F)(F)F. The van der Waals surface area contributed by atoms with E-state index in [1.807, 2.05) is 0 Å². The van der Waals surface area contributed by atoms with Crippen LogP contribution in [0.25, 0.3) is 0 Å². The van der Waals surface area contributed by atoms with E-state index in [1.165, 1.54) is 29.5 Å². The zero-order chi connectivity index (χ0) is 15.7. The molecule has 0 amide bonds. The molecule has 0 N–H and O–H groups in total. The van der Waals surface area contributed by atoms with Crippen LogP contribution in [0.1, 0.15) is 26.2 Å². The molecule has 0 heterocycles. The third-order valence-electron chi connectivity index (χ3n) is 2.29. The highest BCUT2D eigenvalue weighted by Gasteiger charge is 2.81. The molecule has 10 heteroatoms. The van der Waals surface area contributed by atoms with Gasteiger partial charge in [-0.05, 0) is 6.42 Å². The van der Waals surface area contributed by atoms with E-state index in [4.69, 9.17) is 0 Å². The molecular weight excluding hydrogens is 406 g/mol. The fraction of sp³-hybridized carbons (Fsp3) is 1.00. The van der Waals surface area contributed by atoms with Crippen LogP contribution in [0, 0.1) is 0 Å². The van der Waals surface area contributed by atoms with E-state index in [2.05, 4.69) is 0 Å². The molecule has 0 aromatic heterocycles. The van der Waals surface area contributed by atoms with Crippen molar-refractivity contribution in [2.75, 3.05) is 0 Å². The quantitative estimate of drug-likeness (QED) is 0.307. The van der Waals surface area contributed by atoms with E-state index in [-0.39, 0.29) is 6.42 Å². The lowest BCUT2D eigenvalue weighted by molar-refractivity contribution is -0.396. The van der Waals surface area contributed by atoms with Gasteiger partial charge in [0.05, 0.1) is 0 Å². The van der Waals surface area contributed by atoms with Crippen molar-refractivity contribution in [3.63, 3.8) is 0 Å². The van der Waals surface area contributed by atoms with Gasteiger partial charge < -0.3 is 0 Å². The second-order valence-corrected chi connectivity index (χ2v) is 5.70. The standard InChI is InChI=1S/C9H10F9I/c1-2-3-5(19)4-6(10,11)7(12,13)8(14,15)9(16,17)18/h5H,2-4H2,1H3. The lowest BCUT2D eigenvalue weighted by Gasteiger charge is -2.34. The minimum absolute atomic E-state index is 0.00379. The number of hydrogen-bond acceptors (Lipinski definition) is 0. The Morgan fingerprint density at radius 3 is 1.58 bits per heavy atom. The maximum atomic E-state index is 13.1. The number of rotatable bonds is 6. The van der Waals surface area contributed by atoms with Crippen LogP contribution < -0.4 is 0 Å². The monoisotopic (exact) mass is 416 g/mol. The third kappa shape index (κ3) is 3.81. The normalized spacial score (nSPS) is 16.6. The van der Waals surface area contributed by atoms with E-state index in [0.717, 1.165) is 0 Å². The van der Waals surface area contributed by atoms with E-state index in [1.54, 1.807) is 0 Å². The summed E-state index contributed by atoms with van der Waals surface area (Å²) in [6.45, 7) is 1.53. The van der Waals surface area contributed by atoms with Crippen LogP contribution in [0.3, 0.4) is 0 Å². The number of halogens is 10. The van der Waals surface area contributed by atoms with Crippen molar-refractivity contribution in [3.8, 4) is 0 Å². The van der Waals surface area contributed by atoms with Gasteiger partial charge in [-0.3, -0.25) is 0 Å². The first kappa shape index (κ1) is 19.1. The summed E-state index contributed by atoms with van der Waals surface area (Å²) in [6, 6.07) is 0.